The minimum Gasteiger partial charge on any atom is -0.484 e. The summed E-state index contributed by atoms with van der Waals surface area (Å²) in [5.74, 6) is 1.47. The molecule has 0 saturated heterocycles. The van der Waals surface area contributed by atoms with Crippen LogP contribution >= 0.6 is 11.6 Å². The van der Waals surface area contributed by atoms with E-state index < -0.39 is 0 Å². The highest BCUT2D eigenvalue weighted by Crippen LogP contribution is 2.13. The van der Waals surface area contributed by atoms with Crippen LogP contribution in [0.15, 0.2) is 24.5 Å². The molecule has 7 heteroatoms. The molecule has 2 rings (SSSR count). The molecule has 0 radical (unpaired) electrons. The van der Waals surface area contributed by atoms with Gasteiger partial charge in [0.1, 0.15) is 23.3 Å². The number of pyridine rings is 1. The smallest absolute Gasteiger partial charge is 0.147 e. The van der Waals surface area contributed by atoms with Gasteiger partial charge in [-0.3, -0.25) is 4.98 Å². The van der Waals surface area contributed by atoms with Gasteiger partial charge in [0.2, 0.25) is 0 Å². The lowest BCUT2D eigenvalue weighted by molar-refractivity contribution is 0.199. The van der Waals surface area contributed by atoms with Gasteiger partial charge in [-0.15, -0.1) is 0 Å². The lowest BCUT2D eigenvalue weighted by atomic mass is 10.3. The highest BCUT2D eigenvalue weighted by atomic mass is 35.5. The van der Waals surface area contributed by atoms with E-state index in [0.717, 1.165) is 18.1 Å². The lowest BCUT2D eigenvalue weighted by Gasteiger charge is -2.07. The second-order valence-corrected chi connectivity index (χ2v) is 4.89. The normalized spacial score (nSPS) is 10.8. The van der Waals surface area contributed by atoms with Crippen molar-refractivity contribution >= 4 is 11.6 Å². The molecule has 2 heterocycles. The standard InChI is InChI=1S/C14H19ClN4O2/c1-19-13(15)9-18-14(19)10-21-12-4-3-11(17-8-12)7-16-5-6-20-2/h3-4,8-9,16H,5-7,10H2,1-2H3. The van der Waals surface area contributed by atoms with E-state index in [1.165, 1.54) is 0 Å². The van der Waals surface area contributed by atoms with Crippen LogP contribution in [-0.2, 0) is 24.9 Å². The minimum atomic E-state index is 0.357. The fourth-order valence-corrected chi connectivity index (χ4v) is 1.84. The summed E-state index contributed by atoms with van der Waals surface area (Å²) in [4.78, 5) is 8.50. The average Bonchev–Trinajstić information content (AvgIpc) is 2.82. The summed E-state index contributed by atoms with van der Waals surface area (Å²) in [6, 6.07) is 3.82. The maximum Gasteiger partial charge on any atom is 0.147 e. The van der Waals surface area contributed by atoms with E-state index in [0.29, 0.717) is 30.7 Å². The predicted octanol–water partition coefficient (Wildman–Crippen LogP) is 1.78. The molecule has 114 valence electrons. The van der Waals surface area contributed by atoms with Gasteiger partial charge in [-0.1, -0.05) is 11.6 Å². The van der Waals surface area contributed by atoms with Crippen molar-refractivity contribution in [2.75, 3.05) is 20.3 Å². The third-order valence-electron chi connectivity index (χ3n) is 2.98. The van der Waals surface area contributed by atoms with E-state index in [9.17, 15) is 0 Å². The first kappa shape index (κ1) is 15.8. The van der Waals surface area contributed by atoms with Crippen LogP contribution in [0.25, 0.3) is 0 Å². The van der Waals surface area contributed by atoms with Crippen molar-refractivity contribution in [3.63, 3.8) is 0 Å². The highest BCUT2D eigenvalue weighted by molar-refractivity contribution is 6.29. The molecule has 6 nitrogen and oxygen atoms in total. The van der Waals surface area contributed by atoms with E-state index in [-0.39, 0.29) is 0 Å². The van der Waals surface area contributed by atoms with Crippen molar-refractivity contribution in [3.8, 4) is 5.75 Å². The van der Waals surface area contributed by atoms with Crippen LogP contribution in [-0.4, -0.2) is 34.8 Å². The third kappa shape index (κ3) is 4.70. The van der Waals surface area contributed by atoms with Crippen LogP contribution in [0.4, 0.5) is 0 Å². The molecule has 0 spiro atoms. The fourth-order valence-electron chi connectivity index (χ4n) is 1.70. The van der Waals surface area contributed by atoms with Gasteiger partial charge in [-0.2, -0.15) is 0 Å². The van der Waals surface area contributed by atoms with Crippen molar-refractivity contribution in [1.82, 2.24) is 19.9 Å². The average molecular weight is 311 g/mol. The van der Waals surface area contributed by atoms with Gasteiger partial charge >= 0.3 is 0 Å². The van der Waals surface area contributed by atoms with Crippen molar-refractivity contribution in [1.29, 1.82) is 0 Å². The second kappa shape index (κ2) is 7.97. The summed E-state index contributed by atoms with van der Waals surface area (Å²) < 4.78 is 12.4. The Kier molecular flexibility index (Phi) is 5.98. The molecule has 1 N–H and O–H groups in total. The first-order valence-corrected chi connectivity index (χ1v) is 7.02. The van der Waals surface area contributed by atoms with Gasteiger partial charge < -0.3 is 19.4 Å². The number of hydrogen-bond donors (Lipinski definition) is 1. The van der Waals surface area contributed by atoms with Crippen molar-refractivity contribution in [2.24, 2.45) is 7.05 Å². The van der Waals surface area contributed by atoms with Crippen LogP contribution in [0, 0.1) is 0 Å². The van der Waals surface area contributed by atoms with E-state index in [1.54, 1.807) is 24.1 Å². The van der Waals surface area contributed by atoms with E-state index >= 15 is 0 Å². The van der Waals surface area contributed by atoms with Gasteiger partial charge in [-0.05, 0) is 12.1 Å². The van der Waals surface area contributed by atoms with Crippen molar-refractivity contribution < 1.29 is 9.47 Å². The summed E-state index contributed by atoms with van der Waals surface area (Å²) in [5.41, 5.74) is 0.957. The molecule has 0 amide bonds. The predicted molar refractivity (Wildman–Crippen MR) is 80.4 cm³/mol. The topological polar surface area (TPSA) is 61.2 Å². The van der Waals surface area contributed by atoms with E-state index in [2.05, 4.69) is 15.3 Å². The number of imidazole rings is 1. The van der Waals surface area contributed by atoms with Crippen molar-refractivity contribution in [2.45, 2.75) is 13.2 Å². The largest absolute Gasteiger partial charge is 0.484 e. The first-order valence-electron chi connectivity index (χ1n) is 6.64. The Morgan fingerprint density at radius 3 is 2.76 bits per heavy atom. The van der Waals surface area contributed by atoms with E-state index in [4.69, 9.17) is 21.1 Å². The lowest BCUT2D eigenvalue weighted by Crippen LogP contribution is -2.19. The number of halogens is 1. The molecule has 0 aliphatic rings. The van der Waals surface area contributed by atoms with Gasteiger partial charge in [0, 0.05) is 27.2 Å². The van der Waals surface area contributed by atoms with Crippen LogP contribution in [0.3, 0.4) is 0 Å². The molecule has 0 saturated carbocycles. The SMILES string of the molecule is COCCNCc1ccc(OCc2ncc(Cl)n2C)cn1. The number of aromatic nitrogens is 3. The van der Waals surface area contributed by atoms with Crippen molar-refractivity contribution in [3.05, 3.63) is 41.2 Å². The quantitative estimate of drug-likeness (QED) is 0.753. The molecule has 0 atom stereocenters. The molecular formula is C14H19ClN4O2. The monoisotopic (exact) mass is 310 g/mol. The summed E-state index contributed by atoms with van der Waals surface area (Å²) in [6.07, 6.45) is 3.31. The Morgan fingerprint density at radius 1 is 1.29 bits per heavy atom. The van der Waals surface area contributed by atoms with Crippen LogP contribution in [0.5, 0.6) is 5.75 Å². The molecule has 0 aromatic carbocycles. The summed E-state index contributed by atoms with van der Waals surface area (Å²) >= 11 is 5.92. The molecule has 0 unspecified atom stereocenters. The molecule has 2 aromatic heterocycles. The maximum absolute atomic E-state index is 5.92. The molecular weight excluding hydrogens is 292 g/mol. The molecule has 0 aliphatic heterocycles. The molecule has 2 aromatic rings. The van der Waals surface area contributed by atoms with Gasteiger partial charge in [0.05, 0.1) is 24.7 Å². The molecule has 0 aliphatic carbocycles. The van der Waals surface area contributed by atoms with Gasteiger partial charge in [0.15, 0.2) is 0 Å². The Morgan fingerprint density at radius 2 is 2.14 bits per heavy atom. The number of hydrogen-bond acceptors (Lipinski definition) is 5. The van der Waals surface area contributed by atoms with Gasteiger partial charge in [0.25, 0.3) is 0 Å². The van der Waals surface area contributed by atoms with Gasteiger partial charge in [-0.25, -0.2) is 4.98 Å². The zero-order valence-electron chi connectivity index (χ0n) is 12.2. The maximum atomic E-state index is 5.92. The number of rotatable bonds is 8. The Balaban J connectivity index is 1.81. The third-order valence-corrected chi connectivity index (χ3v) is 3.33. The number of nitrogens with zero attached hydrogens (tertiary/aromatic N) is 3. The fraction of sp³-hybridized carbons (Fsp3) is 0.429. The number of nitrogens with one attached hydrogen (secondary N) is 1. The Bertz CT molecular complexity index is 557. The summed E-state index contributed by atoms with van der Waals surface area (Å²) in [5, 5.41) is 3.82. The molecule has 21 heavy (non-hydrogen) atoms. The van der Waals surface area contributed by atoms with Crippen LogP contribution in [0.2, 0.25) is 5.15 Å². The number of methoxy groups -OCH3 is 1. The summed E-state index contributed by atoms with van der Waals surface area (Å²) in [6.45, 7) is 2.55. The number of ether oxygens (including phenoxy) is 2. The molecule has 0 fully saturated rings. The van der Waals surface area contributed by atoms with Crippen LogP contribution in [0.1, 0.15) is 11.5 Å². The zero-order valence-corrected chi connectivity index (χ0v) is 12.9. The Hall–Kier alpha value is -1.63. The molecule has 0 bridgehead atoms. The van der Waals surface area contributed by atoms with E-state index in [1.807, 2.05) is 19.2 Å². The first-order chi connectivity index (χ1) is 10.2. The highest BCUT2D eigenvalue weighted by Gasteiger charge is 2.05. The Labute approximate surface area is 129 Å². The van der Waals surface area contributed by atoms with Crippen LogP contribution < -0.4 is 10.1 Å². The second-order valence-electron chi connectivity index (χ2n) is 4.50. The summed E-state index contributed by atoms with van der Waals surface area (Å²) in [7, 11) is 3.53. The minimum absolute atomic E-state index is 0.357. The zero-order chi connectivity index (χ0) is 15.1.